The van der Waals surface area contributed by atoms with Crippen LogP contribution in [0.15, 0.2) is 59.5 Å². The van der Waals surface area contributed by atoms with Crippen molar-refractivity contribution in [3.63, 3.8) is 0 Å². The predicted molar refractivity (Wildman–Crippen MR) is 127 cm³/mol. The second kappa shape index (κ2) is 8.28. The summed E-state index contributed by atoms with van der Waals surface area (Å²) in [5, 5.41) is 5.18. The van der Waals surface area contributed by atoms with Gasteiger partial charge in [-0.25, -0.2) is 8.42 Å². The van der Waals surface area contributed by atoms with Crippen LogP contribution in [0, 0.1) is 0 Å². The van der Waals surface area contributed by atoms with Gasteiger partial charge in [0.05, 0.1) is 4.90 Å². The van der Waals surface area contributed by atoms with Crippen molar-refractivity contribution >= 4 is 38.3 Å². The Bertz CT molecular complexity index is 1370. The lowest BCUT2D eigenvalue weighted by molar-refractivity contribution is -0.129. The fourth-order valence-electron chi connectivity index (χ4n) is 4.74. The first-order chi connectivity index (χ1) is 15.8. The van der Waals surface area contributed by atoms with E-state index in [-0.39, 0.29) is 35.4 Å². The van der Waals surface area contributed by atoms with E-state index in [9.17, 15) is 18.0 Å². The van der Waals surface area contributed by atoms with Crippen molar-refractivity contribution in [2.24, 2.45) is 0 Å². The van der Waals surface area contributed by atoms with Crippen LogP contribution < -0.4 is 5.32 Å². The summed E-state index contributed by atoms with van der Waals surface area (Å²) in [6.07, 6.45) is 2.01. The Morgan fingerprint density at radius 2 is 1.58 bits per heavy atom. The molecule has 2 aliphatic rings. The molecular weight excluding hydrogens is 438 g/mol. The number of nitrogens with one attached hydrogen (secondary N) is 1. The third-order valence-electron chi connectivity index (χ3n) is 6.54. The summed E-state index contributed by atoms with van der Waals surface area (Å²) in [4.78, 5) is 26.3. The minimum absolute atomic E-state index is 0.0613. The van der Waals surface area contributed by atoms with Gasteiger partial charge in [0.1, 0.15) is 0 Å². The van der Waals surface area contributed by atoms with Gasteiger partial charge >= 0.3 is 0 Å². The normalized spacial score (nSPS) is 16.2. The topological polar surface area (TPSA) is 86.8 Å². The van der Waals surface area contributed by atoms with Gasteiger partial charge in [0.25, 0.3) is 5.91 Å². The van der Waals surface area contributed by atoms with Crippen LogP contribution in [0.1, 0.15) is 28.4 Å². The lowest BCUT2D eigenvalue weighted by atomic mass is 10.0. The smallest absolute Gasteiger partial charge is 0.255 e. The predicted octanol–water partition coefficient (Wildman–Crippen LogP) is 3.04. The number of anilines is 1. The van der Waals surface area contributed by atoms with Crippen LogP contribution in [0.3, 0.4) is 0 Å². The molecule has 3 aromatic rings. The van der Waals surface area contributed by atoms with Crippen LogP contribution in [0.2, 0.25) is 0 Å². The van der Waals surface area contributed by atoms with E-state index < -0.39 is 10.0 Å². The molecule has 0 bridgehead atoms. The minimum Gasteiger partial charge on any atom is -0.340 e. The molecule has 170 valence electrons. The van der Waals surface area contributed by atoms with Crippen LogP contribution in [0.4, 0.5) is 5.69 Å². The van der Waals surface area contributed by atoms with Crippen molar-refractivity contribution in [3.8, 4) is 0 Å². The lowest BCUT2D eigenvalue weighted by Gasteiger charge is -2.33. The van der Waals surface area contributed by atoms with Gasteiger partial charge in [-0.1, -0.05) is 30.3 Å². The number of hydrogen-bond acceptors (Lipinski definition) is 4. The van der Waals surface area contributed by atoms with E-state index >= 15 is 0 Å². The number of nitrogens with zero attached hydrogens (tertiary/aromatic N) is 2. The highest BCUT2D eigenvalue weighted by molar-refractivity contribution is 7.89. The highest BCUT2D eigenvalue weighted by atomic mass is 32.2. The summed E-state index contributed by atoms with van der Waals surface area (Å²) in [6, 6.07) is 16.2. The Morgan fingerprint density at radius 1 is 0.879 bits per heavy atom. The molecule has 7 nitrogen and oxygen atoms in total. The zero-order valence-electron chi connectivity index (χ0n) is 18.4. The first-order valence-electron chi connectivity index (χ1n) is 11.0. The van der Waals surface area contributed by atoms with Gasteiger partial charge in [-0.3, -0.25) is 9.59 Å². The second-order valence-electron chi connectivity index (χ2n) is 8.50. The molecule has 0 aromatic heterocycles. The highest BCUT2D eigenvalue weighted by Gasteiger charge is 2.29. The molecule has 0 spiro atoms. The molecule has 1 N–H and O–H groups in total. The quantitative estimate of drug-likeness (QED) is 0.644. The minimum atomic E-state index is -3.76. The molecule has 3 aromatic carbocycles. The Kier molecular flexibility index (Phi) is 5.42. The van der Waals surface area contributed by atoms with E-state index in [1.165, 1.54) is 39.9 Å². The van der Waals surface area contributed by atoms with Crippen molar-refractivity contribution in [2.45, 2.75) is 24.7 Å². The molecule has 2 amide bonds. The Morgan fingerprint density at radius 3 is 2.30 bits per heavy atom. The maximum atomic E-state index is 13.1. The van der Waals surface area contributed by atoms with E-state index in [1.54, 1.807) is 17.0 Å². The zero-order chi connectivity index (χ0) is 23.2. The van der Waals surface area contributed by atoms with Crippen molar-refractivity contribution < 1.29 is 18.0 Å². The Hall–Kier alpha value is -3.23. The average molecular weight is 464 g/mol. The fraction of sp³-hybridized carbons (Fsp3) is 0.280. The largest absolute Gasteiger partial charge is 0.340 e. The van der Waals surface area contributed by atoms with Crippen LogP contribution in [-0.4, -0.2) is 55.6 Å². The molecule has 33 heavy (non-hydrogen) atoms. The van der Waals surface area contributed by atoms with E-state index in [0.29, 0.717) is 13.1 Å². The molecule has 0 radical (unpaired) electrons. The number of amides is 2. The van der Waals surface area contributed by atoms with Crippen molar-refractivity contribution in [3.05, 3.63) is 71.3 Å². The number of aryl methyl sites for hydroxylation is 2. The van der Waals surface area contributed by atoms with E-state index in [2.05, 4.69) is 17.4 Å². The van der Waals surface area contributed by atoms with Crippen LogP contribution in [0.5, 0.6) is 0 Å². The summed E-state index contributed by atoms with van der Waals surface area (Å²) in [6.45, 7) is 2.67. The van der Waals surface area contributed by atoms with Gasteiger partial charge in [0, 0.05) is 49.7 Å². The van der Waals surface area contributed by atoms with Crippen molar-refractivity contribution in [1.29, 1.82) is 0 Å². The van der Waals surface area contributed by atoms with E-state index in [0.717, 1.165) is 23.9 Å². The Labute approximate surface area is 193 Å². The molecule has 1 aliphatic heterocycles. The highest BCUT2D eigenvalue weighted by Crippen LogP contribution is 2.35. The molecule has 1 aliphatic carbocycles. The molecule has 1 fully saturated rings. The number of piperazine rings is 1. The molecular formula is C25H25N3O4S. The van der Waals surface area contributed by atoms with E-state index in [1.807, 2.05) is 18.2 Å². The van der Waals surface area contributed by atoms with Crippen LogP contribution >= 0.6 is 0 Å². The summed E-state index contributed by atoms with van der Waals surface area (Å²) in [7, 11) is -3.76. The number of benzene rings is 3. The first-order valence-corrected chi connectivity index (χ1v) is 12.5. The van der Waals surface area contributed by atoms with Gasteiger partial charge in [-0.2, -0.15) is 4.31 Å². The van der Waals surface area contributed by atoms with Gasteiger partial charge in [-0.15, -0.1) is 0 Å². The second-order valence-corrected chi connectivity index (χ2v) is 10.4. The average Bonchev–Trinajstić information content (AvgIpc) is 3.25. The van der Waals surface area contributed by atoms with Gasteiger partial charge in [0.15, 0.2) is 0 Å². The number of hydrogen-bond donors (Lipinski definition) is 1. The molecule has 0 unspecified atom stereocenters. The SMILES string of the molecule is CC(=O)N1CCN(S(=O)(=O)c2cccc(C(=O)Nc3ccc4c5c(cccc35)CC4)c2)CC1. The summed E-state index contributed by atoms with van der Waals surface area (Å²) >= 11 is 0. The van der Waals surface area contributed by atoms with Crippen LogP contribution in [-0.2, 0) is 27.7 Å². The third-order valence-corrected chi connectivity index (χ3v) is 8.44. The van der Waals surface area contributed by atoms with Gasteiger partial charge < -0.3 is 10.2 Å². The van der Waals surface area contributed by atoms with Crippen molar-refractivity contribution in [2.75, 3.05) is 31.5 Å². The summed E-state index contributed by atoms with van der Waals surface area (Å²) in [5.74, 6) is -0.416. The third kappa shape index (κ3) is 3.89. The zero-order valence-corrected chi connectivity index (χ0v) is 19.2. The maximum Gasteiger partial charge on any atom is 0.255 e. The molecule has 1 heterocycles. The summed E-state index contributed by atoms with van der Waals surface area (Å²) < 4.78 is 27.7. The Balaban J connectivity index is 1.38. The van der Waals surface area contributed by atoms with E-state index in [4.69, 9.17) is 0 Å². The number of sulfonamides is 1. The molecule has 0 saturated carbocycles. The maximum absolute atomic E-state index is 13.1. The van der Waals surface area contributed by atoms with Crippen LogP contribution in [0.25, 0.3) is 10.8 Å². The van der Waals surface area contributed by atoms with Crippen molar-refractivity contribution in [1.82, 2.24) is 9.21 Å². The number of carbonyl (C=O) groups excluding carboxylic acids is 2. The molecule has 1 saturated heterocycles. The first kappa shape index (κ1) is 21.6. The summed E-state index contributed by atoms with van der Waals surface area (Å²) in [5.41, 5.74) is 3.57. The fourth-order valence-corrected chi connectivity index (χ4v) is 6.21. The monoisotopic (exact) mass is 463 g/mol. The number of rotatable bonds is 4. The van der Waals surface area contributed by atoms with Gasteiger partial charge in [0.2, 0.25) is 15.9 Å². The lowest BCUT2D eigenvalue weighted by Crippen LogP contribution is -2.49. The standard InChI is InChI=1S/C25H25N3O4S/c1-17(29)27-12-14-28(15-13-27)33(31,32)21-6-2-5-20(16-21)25(30)26-23-11-10-19-9-8-18-4-3-7-22(23)24(18)19/h2-7,10-11,16H,8-9,12-15H2,1H3,(H,26,30). The molecule has 5 rings (SSSR count). The number of carbonyl (C=O) groups is 2. The van der Waals surface area contributed by atoms with Gasteiger partial charge in [-0.05, 0) is 53.6 Å². The molecule has 0 atom stereocenters. The molecule has 8 heteroatoms.